The van der Waals surface area contributed by atoms with E-state index in [9.17, 15) is 26.3 Å². The van der Waals surface area contributed by atoms with E-state index in [1.54, 1.807) is 0 Å². The maximum Gasteiger partial charge on any atom is 0.402 e. The molecule has 0 aliphatic carbocycles. The highest BCUT2D eigenvalue weighted by molar-refractivity contribution is 9.13. The van der Waals surface area contributed by atoms with E-state index in [4.69, 9.17) is 0 Å². The van der Waals surface area contributed by atoms with Gasteiger partial charge in [0.1, 0.15) is 0 Å². The molecule has 0 radical (unpaired) electrons. The van der Waals surface area contributed by atoms with Crippen LogP contribution in [0, 0.1) is 5.92 Å². The summed E-state index contributed by atoms with van der Waals surface area (Å²) in [6.45, 7) is 0. The third kappa shape index (κ3) is 4.08. The first-order valence-corrected chi connectivity index (χ1v) is 7.14. The minimum absolute atomic E-state index is 0.0547. The van der Waals surface area contributed by atoms with Crippen LogP contribution < -0.4 is 5.32 Å². The van der Waals surface area contributed by atoms with E-state index >= 15 is 0 Å². The third-order valence-electron chi connectivity index (χ3n) is 2.32. The van der Waals surface area contributed by atoms with E-state index < -0.39 is 24.3 Å². The van der Waals surface area contributed by atoms with Crippen molar-refractivity contribution in [3.8, 4) is 0 Å². The molecule has 1 unspecified atom stereocenters. The van der Waals surface area contributed by atoms with Crippen LogP contribution in [-0.2, 0) is 0 Å². The predicted molar refractivity (Wildman–Crippen MR) is 67.1 cm³/mol. The Bertz CT molecular complexity index is 407. The van der Waals surface area contributed by atoms with Crippen LogP contribution in [0.4, 0.5) is 26.3 Å². The molecule has 0 fully saturated rings. The van der Waals surface area contributed by atoms with Crippen LogP contribution in [0.1, 0.15) is 10.9 Å². The second kappa shape index (κ2) is 5.90. The second-order valence-electron chi connectivity index (χ2n) is 3.60. The molecular weight excluding hydrogens is 428 g/mol. The highest BCUT2D eigenvalue weighted by atomic mass is 79.9. The first kappa shape index (κ1) is 17.3. The maximum absolute atomic E-state index is 12.7. The van der Waals surface area contributed by atoms with Gasteiger partial charge in [0.2, 0.25) is 0 Å². The van der Waals surface area contributed by atoms with Gasteiger partial charge in [0.15, 0.2) is 5.92 Å². The summed E-state index contributed by atoms with van der Waals surface area (Å²) in [5, 5.41) is 2.10. The molecule has 0 amide bonds. The molecule has 0 spiro atoms. The molecule has 10 heteroatoms. The van der Waals surface area contributed by atoms with E-state index in [2.05, 4.69) is 37.2 Å². The van der Waals surface area contributed by atoms with Crippen molar-refractivity contribution in [2.75, 3.05) is 7.05 Å². The van der Waals surface area contributed by atoms with E-state index in [1.807, 2.05) is 0 Å². The van der Waals surface area contributed by atoms with Gasteiger partial charge in [-0.05, 0) is 45.0 Å². The Balaban J connectivity index is 3.25. The molecule has 0 aromatic carbocycles. The molecule has 1 nitrogen and oxygen atoms in total. The van der Waals surface area contributed by atoms with Gasteiger partial charge in [-0.2, -0.15) is 26.3 Å². The lowest BCUT2D eigenvalue weighted by molar-refractivity contribution is -0.292. The molecule has 0 saturated carbocycles. The fourth-order valence-electron chi connectivity index (χ4n) is 1.55. The Morgan fingerprint density at radius 3 is 1.84 bits per heavy atom. The van der Waals surface area contributed by atoms with Crippen molar-refractivity contribution in [3.63, 3.8) is 0 Å². The largest absolute Gasteiger partial charge is 0.402 e. The Morgan fingerprint density at radius 1 is 1.11 bits per heavy atom. The highest BCUT2D eigenvalue weighted by Crippen LogP contribution is 2.48. The molecule has 1 heterocycles. The number of alkyl halides is 6. The quantitative estimate of drug-likeness (QED) is 0.638. The molecule has 19 heavy (non-hydrogen) atoms. The van der Waals surface area contributed by atoms with Gasteiger partial charge >= 0.3 is 12.4 Å². The van der Waals surface area contributed by atoms with Gasteiger partial charge in [0.25, 0.3) is 0 Å². The van der Waals surface area contributed by atoms with Gasteiger partial charge in [0.05, 0.1) is 9.83 Å². The summed E-state index contributed by atoms with van der Waals surface area (Å²) in [4.78, 5) is -0.0547. The molecule has 1 atom stereocenters. The SMILES string of the molecule is CNC(c1cc(Br)c(Br)s1)C(C(F)(F)F)C(F)(F)F. The van der Waals surface area contributed by atoms with Crippen molar-refractivity contribution < 1.29 is 26.3 Å². The summed E-state index contributed by atoms with van der Waals surface area (Å²) in [6.07, 6.45) is -10.8. The van der Waals surface area contributed by atoms with Crippen LogP contribution in [0.5, 0.6) is 0 Å². The van der Waals surface area contributed by atoms with Crippen molar-refractivity contribution in [3.05, 3.63) is 19.2 Å². The van der Waals surface area contributed by atoms with Crippen molar-refractivity contribution >= 4 is 43.2 Å². The zero-order valence-corrected chi connectivity index (χ0v) is 13.2. The summed E-state index contributed by atoms with van der Waals surface area (Å²) < 4.78 is 76.9. The molecule has 0 aliphatic rings. The topological polar surface area (TPSA) is 12.0 Å². The molecule has 0 saturated heterocycles. The first-order valence-electron chi connectivity index (χ1n) is 4.74. The number of hydrogen-bond acceptors (Lipinski definition) is 2. The lowest BCUT2D eigenvalue weighted by Crippen LogP contribution is -2.44. The van der Waals surface area contributed by atoms with Crippen molar-refractivity contribution in [2.24, 2.45) is 5.92 Å². The number of nitrogens with one attached hydrogen (secondary N) is 1. The molecule has 0 bridgehead atoms. The molecule has 1 N–H and O–H groups in total. The van der Waals surface area contributed by atoms with Crippen molar-refractivity contribution in [1.82, 2.24) is 5.32 Å². The van der Waals surface area contributed by atoms with Crippen LogP contribution in [-0.4, -0.2) is 19.4 Å². The zero-order valence-electron chi connectivity index (χ0n) is 9.16. The highest BCUT2D eigenvalue weighted by Gasteiger charge is 2.60. The van der Waals surface area contributed by atoms with Gasteiger partial charge in [-0.15, -0.1) is 11.3 Å². The minimum Gasteiger partial charge on any atom is -0.312 e. The minimum atomic E-state index is -5.38. The zero-order chi connectivity index (χ0) is 15.0. The summed E-state index contributed by atoms with van der Waals surface area (Å²) in [5.74, 6) is -3.46. The molecule has 110 valence electrons. The molecular formula is C9H7Br2F6NS. The van der Waals surface area contributed by atoms with Gasteiger partial charge < -0.3 is 5.32 Å². The summed E-state index contributed by atoms with van der Waals surface area (Å²) in [6, 6.07) is -0.645. The fourth-order valence-corrected chi connectivity index (χ4v) is 3.79. The summed E-state index contributed by atoms with van der Waals surface area (Å²) in [5.41, 5.74) is 0. The van der Waals surface area contributed by atoms with E-state index in [0.717, 1.165) is 18.4 Å². The van der Waals surface area contributed by atoms with Crippen molar-refractivity contribution in [2.45, 2.75) is 18.4 Å². The van der Waals surface area contributed by atoms with Crippen LogP contribution in [0.3, 0.4) is 0 Å². The number of hydrogen-bond donors (Lipinski definition) is 1. The Kier molecular flexibility index (Phi) is 5.36. The monoisotopic (exact) mass is 433 g/mol. The maximum atomic E-state index is 12.7. The normalized spacial score (nSPS) is 15.1. The lowest BCUT2D eigenvalue weighted by atomic mass is 9.97. The Morgan fingerprint density at radius 2 is 1.58 bits per heavy atom. The molecule has 1 aromatic heterocycles. The smallest absolute Gasteiger partial charge is 0.312 e. The Labute approximate surface area is 125 Å². The number of thiophene rings is 1. The van der Waals surface area contributed by atoms with Gasteiger partial charge in [0, 0.05) is 9.35 Å². The standard InChI is InChI=1S/C9H7Br2F6NS/c1-18-5(4-2-3(10)7(11)19-4)6(8(12,13)14)9(15,16)17/h2,5-6,18H,1H3. The fraction of sp³-hybridized carbons (Fsp3) is 0.556. The van der Waals surface area contributed by atoms with E-state index in [0.29, 0.717) is 8.26 Å². The second-order valence-corrected chi connectivity index (χ2v) is 6.85. The lowest BCUT2D eigenvalue weighted by Gasteiger charge is -2.29. The first-order chi connectivity index (χ1) is 8.48. The molecule has 1 rings (SSSR count). The van der Waals surface area contributed by atoms with Gasteiger partial charge in [-0.25, -0.2) is 0 Å². The molecule has 1 aromatic rings. The van der Waals surface area contributed by atoms with E-state index in [1.165, 1.54) is 6.07 Å². The summed E-state index contributed by atoms with van der Waals surface area (Å²) >= 11 is 6.90. The summed E-state index contributed by atoms with van der Waals surface area (Å²) in [7, 11) is 1.07. The molecule has 0 aliphatic heterocycles. The van der Waals surface area contributed by atoms with Crippen molar-refractivity contribution in [1.29, 1.82) is 0 Å². The van der Waals surface area contributed by atoms with E-state index in [-0.39, 0.29) is 4.88 Å². The van der Waals surface area contributed by atoms with Crippen LogP contribution in [0.2, 0.25) is 0 Å². The number of rotatable bonds is 3. The van der Waals surface area contributed by atoms with Gasteiger partial charge in [-0.1, -0.05) is 0 Å². The number of halogens is 8. The van der Waals surface area contributed by atoms with Crippen LogP contribution >= 0.6 is 43.2 Å². The van der Waals surface area contributed by atoms with Crippen LogP contribution in [0.25, 0.3) is 0 Å². The van der Waals surface area contributed by atoms with Gasteiger partial charge in [-0.3, -0.25) is 0 Å². The average molecular weight is 435 g/mol. The van der Waals surface area contributed by atoms with Crippen LogP contribution in [0.15, 0.2) is 14.3 Å². The Hall–Kier alpha value is 0.200. The predicted octanol–water partition coefficient (Wildman–Crippen LogP) is 5.27. The average Bonchev–Trinajstić information content (AvgIpc) is 2.51. The third-order valence-corrected chi connectivity index (χ3v) is 5.66.